The van der Waals surface area contributed by atoms with E-state index < -0.39 is 0 Å². The molecule has 0 amide bonds. The van der Waals surface area contributed by atoms with Crippen LogP contribution >= 0.6 is 0 Å². The summed E-state index contributed by atoms with van der Waals surface area (Å²) in [5, 5.41) is 3.26. The zero-order valence-corrected chi connectivity index (χ0v) is 17.0. The second kappa shape index (κ2) is 11.3. The second-order valence-electron chi connectivity index (χ2n) is 8.31. The molecule has 4 nitrogen and oxygen atoms in total. The highest BCUT2D eigenvalue weighted by Gasteiger charge is 2.15. The van der Waals surface area contributed by atoms with Gasteiger partial charge >= 0.3 is 0 Å². The van der Waals surface area contributed by atoms with Crippen LogP contribution in [0, 0.1) is 0 Å². The van der Waals surface area contributed by atoms with Crippen molar-refractivity contribution >= 4 is 5.96 Å². The number of benzene rings is 1. The predicted molar refractivity (Wildman–Crippen MR) is 115 cm³/mol. The second-order valence-corrected chi connectivity index (χ2v) is 8.31. The normalized spacial score (nSPS) is 19.5. The first-order valence-electron chi connectivity index (χ1n) is 11.2. The number of hydrogen-bond donors (Lipinski definition) is 2. The minimum absolute atomic E-state index is 0.575. The number of rotatable bonds is 9. The van der Waals surface area contributed by atoms with Gasteiger partial charge in [-0.2, -0.15) is 0 Å². The average molecular weight is 371 g/mol. The third-order valence-corrected chi connectivity index (χ3v) is 6.14. The molecule has 0 spiro atoms. The van der Waals surface area contributed by atoms with Gasteiger partial charge in [-0.25, -0.2) is 4.99 Å². The Morgan fingerprint density at radius 1 is 0.963 bits per heavy atom. The molecule has 0 radical (unpaired) electrons. The van der Waals surface area contributed by atoms with Crippen LogP contribution in [0.1, 0.15) is 81.3 Å². The van der Waals surface area contributed by atoms with E-state index in [0.717, 1.165) is 12.5 Å². The van der Waals surface area contributed by atoms with E-state index in [-0.39, 0.29) is 0 Å². The monoisotopic (exact) mass is 370 g/mol. The number of nitrogens with one attached hydrogen (secondary N) is 1. The summed E-state index contributed by atoms with van der Waals surface area (Å²) < 4.78 is 0. The molecule has 1 aromatic carbocycles. The van der Waals surface area contributed by atoms with E-state index in [1.54, 1.807) is 0 Å². The van der Waals surface area contributed by atoms with E-state index in [0.29, 0.717) is 12.5 Å². The highest BCUT2D eigenvalue weighted by atomic mass is 15.1. The van der Waals surface area contributed by atoms with Crippen molar-refractivity contribution in [3.63, 3.8) is 0 Å². The number of likely N-dealkylation sites (tertiary alicyclic amines) is 1. The summed E-state index contributed by atoms with van der Waals surface area (Å²) in [6, 6.07) is 9.04. The van der Waals surface area contributed by atoms with Crippen molar-refractivity contribution in [2.24, 2.45) is 10.7 Å². The summed E-state index contributed by atoms with van der Waals surface area (Å²) in [6.07, 6.45) is 13.4. The largest absolute Gasteiger partial charge is 0.370 e. The average Bonchev–Trinajstić information content (AvgIpc) is 3.23. The van der Waals surface area contributed by atoms with Crippen molar-refractivity contribution in [2.75, 3.05) is 26.2 Å². The molecule has 150 valence electrons. The highest BCUT2D eigenvalue weighted by Crippen LogP contribution is 2.32. The number of nitrogens with zero attached hydrogens (tertiary/aromatic N) is 2. The van der Waals surface area contributed by atoms with E-state index in [4.69, 9.17) is 5.73 Å². The van der Waals surface area contributed by atoms with Crippen molar-refractivity contribution in [3.8, 4) is 0 Å². The molecular weight excluding hydrogens is 332 g/mol. The minimum Gasteiger partial charge on any atom is -0.370 e. The third-order valence-electron chi connectivity index (χ3n) is 6.14. The van der Waals surface area contributed by atoms with Gasteiger partial charge in [0.05, 0.1) is 6.54 Å². The van der Waals surface area contributed by atoms with Gasteiger partial charge in [0.25, 0.3) is 0 Å². The van der Waals surface area contributed by atoms with E-state index in [2.05, 4.69) is 39.5 Å². The molecule has 3 N–H and O–H groups in total. The van der Waals surface area contributed by atoms with Crippen molar-refractivity contribution in [1.82, 2.24) is 10.2 Å². The Kier molecular flexibility index (Phi) is 8.47. The van der Waals surface area contributed by atoms with Crippen LogP contribution in [0.2, 0.25) is 0 Å². The highest BCUT2D eigenvalue weighted by molar-refractivity contribution is 5.77. The molecule has 4 heteroatoms. The Hall–Kier alpha value is -1.55. The Morgan fingerprint density at radius 2 is 1.70 bits per heavy atom. The molecule has 2 fully saturated rings. The van der Waals surface area contributed by atoms with Crippen molar-refractivity contribution in [3.05, 3.63) is 35.4 Å². The maximum atomic E-state index is 6.01. The standard InChI is InChI=1S/C23H38N4/c24-23(25-15-5-2-6-16-27-17-7-8-18-27)26-19-20-11-13-22(14-12-20)21-9-3-1-4-10-21/h11-14,21H,1-10,15-19H2,(H3,24,25,26). The molecule has 0 bridgehead atoms. The fraction of sp³-hybridized carbons (Fsp3) is 0.696. The first kappa shape index (κ1) is 20.2. The van der Waals surface area contributed by atoms with Crippen LogP contribution in [0.5, 0.6) is 0 Å². The zero-order chi connectivity index (χ0) is 18.7. The smallest absolute Gasteiger partial charge is 0.188 e. The zero-order valence-electron chi connectivity index (χ0n) is 17.0. The quantitative estimate of drug-likeness (QED) is 0.385. The van der Waals surface area contributed by atoms with E-state index in [1.165, 1.54) is 95.0 Å². The SMILES string of the molecule is NC(=NCc1ccc(C2CCCCC2)cc1)NCCCCCN1CCCC1. The minimum atomic E-state index is 0.575. The van der Waals surface area contributed by atoms with Gasteiger partial charge in [-0.1, -0.05) is 49.9 Å². The molecule has 0 unspecified atom stereocenters. The van der Waals surface area contributed by atoms with Gasteiger partial charge in [0.1, 0.15) is 0 Å². The van der Waals surface area contributed by atoms with Crippen LogP contribution in [0.4, 0.5) is 0 Å². The number of nitrogens with two attached hydrogens (primary N) is 1. The summed E-state index contributed by atoms with van der Waals surface area (Å²) in [5.41, 5.74) is 8.76. The molecule has 2 aliphatic rings. The van der Waals surface area contributed by atoms with Gasteiger partial charge < -0.3 is 16.0 Å². The Labute approximate surface area is 165 Å². The van der Waals surface area contributed by atoms with E-state index in [1.807, 2.05) is 0 Å². The Morgan fingerprint density at radius 3 is 2.44 bits per heavy atom. The lowest BCUT2D eigenvalue weighted by molar-refractivity contribution is 0.328. The lowest BCUT2D eigenvalue weighted by atomic mass is 9.84. The van der Waals surface area contributed by atoms with E-state index >= 15 is 0 Å². The molecule has 1 aliphatic carbocycles. The molecule has 0 aromatic heterocycles. The summed E-state index contributed by atoms with van der Waals surface area (Å²) in [4.78, 5) is 7.08. The van der Waals surface area contributed by atoms with Crippen LogP contribution in [0.15, 0.2) is 29.3 Å². The predicted octanol–water partition coefficient (Wildman–Crippen LogP) is 4.40. The first-order chi connectivity index (χ1) is 13.3. The summed E-state index contributed by atoms with van der Waals surface area (Å²) in [5.74, 6) is 1.35. The van der Waals surface area contributed by atoms with Crippen LogP contribution in [0.25, 0.3) is 0 Å². The summed E-state index contributed by atoms with van der Waals surface area (Å²) in [7, 11) is 0. The van der Waals surface area contributed by atoms with Crippen LogP contribution in [0.3, 0.4) is 0 Å². The number of unbranched alkanes of at least 4 members (excludes halogenated alkanes) is 2. The molecule has 1 saturated heterocycles. The Balaban J connectivity index is 1.29. The number of hydrogen-bond acceptors (Lipinski definition) is 2. The molecule has 3 rings (SSSR count). The lowest BCUT2D eigenvalue weighted by Gasteiger charge is -2.22. The van der Waals surface area contributed by atoms with Gasteiger partial charge in [0.2, 0.25) is 0 Å². The first-order valence-corrected chi connectivity index (χ1v) is 11.2. The molecule has 1 aliphatic heterocycles. The van der Waals surface area contributed by atoms with Gasteiger partial charge in [0.15, 0.2) is 5.96 Å². The van der Waals surface area contributed by atoms with Gasteiger partial charge in [-0.3, -0.25) is 0 Å². The van der Waals surface area contributed by atoms with Crippen molar-refractivity contribution in [2.45, 2.75) is 76.7 Å². The molecule has 0 atom stereocenters. The van der Waals surface area contributed by atoms with Crippen LogP contribution < -0.4 is 11.1 Å². The maximum Gasteiger partial charge on any atom is 0.188 e. The number of aliphatic imine (C=N–C) groups is 1. The maximum absolute atomic E-state index is 6.01. The summed E-state index contributed by atoms with van der Waals surface area (Å²) >= 11 is 0. The van der Waals surface area contributed by atoms with Crippen molar-refractivity contribution in [1.29, 1.82) is 0 Å². The third kappa shape index (κ3) is 7.17. The molecule has 1 heterocycles. The fourth-order valence-corrected chi connectivity index (χ4v) is 4.42. The number of guanidine groups is 1. The topological polar surface area (TPSA) is 53.6 Å². The van der Waals surface area contributed by atoms with Crippen molar-refractivity contribution < 1.29 is 0 Å². The van der Waals surface area contributed by atoms with E-state index in [9.17, 15) is 0 Å². The fourth-order valence-electron chi connectivity index (χ4n) is 4.42. The van der Waals surface area contributed by atoms with Crippen LogP contribution in [-0.2, 0) is 6.54 Å². The molecule has 1 aromatic rings. The molecule has 27 heavy (non-hydrogen) atoms. The summed E-state index contributed by atoms with van der Waals surface area (Å²) in [6.45, 7) is 5.47. The Bertz CT molecular complexity index is 554. The molecule has 1 saturated carbocycles. The van der Waals surface area contributed by atoms with Crippen LogP contribution in [-0.4, -0.2) is 37.0 Å². The van der Waals surface area contributed by atoms with Gasteiger partial charge in [-0.05, 0) is 75.2 Å². The lowest BCUT2D eigenvalue weighted by Crippen LogP contribution is -2.32. The van der Waals surface area contributed by atoms with Gasteiger partial charge in [-0.15, -0.1) is 0 Å². The molecular formula is C23H38N4. The van der Waals surface area contributed by atoms with Gasteiger partial charge in [0, 0.05) is 6.54 Å².